The van der Waals surface area contributed by atoms with Crippen molar-refractivity contribution in [1.82, 2.24) is 4.90 Å². The molecular weight excluding hydrogens is 275 g/mol. The average Bonchev–Trinajstić information content (AvgIpc) is 2.50. The maximum Gasteiger partial charge on any atom is 0.267 e. The van der Waals surface area contributed by atoms with Gasteiger partial charge in [0.05, 0.1) is 0 Å². The molecule has 1 aromatic rings. The molecule has 0 aliphatic heterocycles. The molecule has 21 heavy (non-hydrogen) atoms. The van der Waals surface area contributed by atoms with Crippen LogP contribution in [0.25, 0.3) is 0 Å². The number of benzene rings is 1. The molecule has 0 saturated carbocycles. The molecule has 0 radical (unpaired) electrons. The second kappa shape index (κ2) is 8.45. The first-order chi connectivity index (χ1) is 10.1. The SMILES string of the molecule is N#C/C(=C/N(C=O)CCCN)C(=O)Nc1ccc(F)cc1. The third kappa shape index (κ3) is 5.42. The number of hydrogen-bond acceptors (Lipinski definition) is 4. The van der Waals surface area contributed by atoms with E-state index in [0.29, 0.717) is 31.6 Å². The second-order valence-electron chi connectivity index (χ2n) is 4.10. The zero-order valence-electron chi connectivity index (χ0n) is 11.3. The number of nitrogens with one attached hydrogen (secondary N) is 1. The number of nitrogens with two attached hydrogens (primary N) is 1. The van der Waals surface area contributed by atoms with Crippen molar-refractivity contribution < 1.29 is 14.0 Å². The molecule has 3 N–H and O–H groups in total. The normalized spacial score (nSPS) is 10.6. The summed E-state index contributed by atoms with van der Waals surface area (Å²) >= 11 is 0. The molecule has 2 amide bonds. The van der Waals surface area contributed by atoms with Crippen LogP contribution in [-0.4, -0.2) is 30.3 Å². The molecule has 7 heteroatoms. The van der Waals surface area contributed by atoms with Gasteiger partial charge in [-0.15, -0.1) is 0 Å². The zero-order valence-corrected chi connectivity index (χ0v) is 11.3. The minimum absolute atomic E-state index is 0.233. The molecule has 0 spiro atoms. The maximum absolute atomic E-state index is 12.8. The number of carbonyl (C=O) groups excluding carboxylic acids is 2. The Kier molecular flexibility index (Phi) is 6.57. The molecule has 1 aromatic carbocycles. The number of carbonyl (C=O) groups is 2. The highest BCUT2D eigenvalue weighted by atomic mass is 19.1. The third-order valence-electron chi connectivity index (χ3n) is 2.52. The summed E-state index contributed by atoms with van der Waals surface area (Å²) in [6, 6.07) is 6.83. The van der Waals surface area contributed by atoms with E-state index in [9.17, 15) is 14.0 Å². The standard InChI is InChI=1S/C14H15FN4O2/c15-12-2-4-13(5-3-12)18-14(21)11(8-17)9-19(10-20)7-1-6-16/h2-5,9-10H,1,6-7,16H2,(H,18,21)/b11-9-. The quantitative estimate of drug-likeness (QED) is 0.444. The first-order valence-corrected chi connectivity index (χ1v) is 6.20. The predicted octanol–water partition coefficient (Wildman–Crippen LogP) is 0.979. The van der Waals surface area contributed by atoms with Crippen molar-refractivity contribution in [3.05, 3.63) is 41.9 Å². The van der Waals surface area contributed by atoms with E-state index >= 15 is 0 Å². The number of hydrogen-bond donors (Lipinski definition) is 2. The number of amides is 2. The summed E-state index contributed by atoms with van der Waals surface area (Å²) in [6.45, 7) is 0.705. The summed E-state index contributed by atoms with van der Waals surface area (Å²) in [5, 5.41) is 11.4. The lowest BCUT2D eigenvalue weighted by molar-refractivity contribution is -0.116. The summed E-state index contributed by atoms with van der Waals surface area (Å²) < 4.78 is 12.8. The van der Waals surface area contributed by atoms with Crippen LogP contribution in [0, 0.1) is 17.1 Å². The van der Waals surface area contributed by atoms with Crippen molar-refractivity contribution in [2.75, 3.05) is 18.4 Å². The molecule has 6 nitrogen and oxygen atoms in total. The van der Waals surface area contributed by atoms with Crippen LogP contribution in [0.3, 0.4) is 0 Å². The predicted molar refractivity (Wildman–Crippen MR) is 75.2 cm³/mol. The molecule has 0 fully saturated rings. The van der Waals surface area contributed by atoms with Gasteiger partial charge >= 0.3 is 0 Å². The lowest BCUT2D eigenvalue weighted by Crippen LogP contribution is -2.22. The Labute approximate surface area is 121 Å². The first kappa shape index (κ1) is 16.3. The van der Waals surface area contributed by atoms with Crippen LogP contribution >= 0.6 is 0 Å². The highest BCUT2D eigenvalue weighted by Crippen LogP contribution is 2.10. The van der Waals surface area contributed by atoms with Crippen molar-refractivity contribution in [3.8, 4) is 6.07 Å². The average molecular weight is 290 g/mol. The maximum atomic E-state index is 12.8. The summed E-state index contributed by atoms with van der Waals surface area (Å²) in [7, 11) is 0. The van der Waals surface area contributed by atoms with Crippen LogP contribution in [0.1, 0.15) is 6.42 Å². The monoisotopic (exact) mass is 290 g/mol. The largest absolute Gasteiger partial charge is 0.330 e. The molecular formula is C14H15FN4O2. The molecule has 0 aliphatic carbocycles. The van der Waals surface area contributed by atoms with Crippen molar-refractivity contribution in [3.63, 3.8) is 0 Å². The Morgan fingerprint density at radius 3 is 2.62 bits per heavy atom. The van der Waals surface area contributed by atoms with Gasteiger partial charge in [-0.1, -0.05) is 0 Å². The Morgan fingerprint density at radius 1 is 1.43 bits per heavy atom. The Hall–Kier alpha value is -2.72. The molecule has 0 saturated heterocycles. The minimum atomic E-state index is -0.677. The fraction of sp³-hybridized carbons (Fsp3) is 0.214. The molecule has 0 atom stereocenters. The highest BCUT2D eigenvalue weighted by Gasteiger charge is 2.11. The number of rotatable bonds is 7. The zero-order chi connectivity index (χ0) is 15.7. The van der Waals surface area contributed by atoms with Crippen molar-refractivity contribution in [2.24, 2.45) is 5.73 Å². The van der Waals surface area contributed by atoms with Gasteiger partial charge in [-0.2, -0.15) is 5.26 Å². The second-order valence-corrected chi connectivity index (χ2v) is 4.10. The van der Waals surface area contributed by atoms with E-state index in [0.717, 1.165) is 6.20 Å². The topological polar surface area (TPSA) is 99.2 Å². The lowest BCUT2D eigenvalue weighted by Gasteiger charge is -2.12. The van der Waals surface area contributed by atoms with Gasteiger partial charge in [-0.25, -0.2) is 4.39 Å². The smallest absolute Gasteiger partial charge is 0.267 e. The van der Waals surface area contributed by atoms with Crippen molar-refractivity contribution >= 4 is 18.0 Å². The molecule has 0 aromatic heterocycles. The molecule has 0 bridgehead atoms. The van der Waals surface area contributed by atoms with Crippen LogP contribution in [0.2, 0.25) is 0 Å². The molecule has 0 unspecified atom stereocenters. The summed E-state index contributed by atoms with van der Waals surface area (Å²) in [5.41, 5.74) is 5.45. The van der Waals surface area contributed by atoms with Crippen molar-refractivity contribution in [1.29, 1.82) is 5.26 Å². The molecule has 110 valence electrons. The number of halogens is 1. The minimum Gasteiger partial charge on any atom is -0.330 e. The van der Waals surface area contributed by atoms with Crippen LogP contribution in [0.4, 0.5) is 10.1 Å². The summed E-state index contributed by atoms with van der Waals surface area (Å²) in [5.74, 6) is -1.11. The van der Waals surface area contributed by atoms with Crippen LogP contribution in [0.15, 0.2) is 36.0 Å². The fourth-order valence-corrected chi connectivity index (χ4v) is 1.46. The van der Waals surface area contributed by atoms with Gasteiger partial charge in [0.25, 0.3) is 5.91 Å². The third-order valence-corrected chi connectivity index (χ3v) is 2.52. The molecule has 0 aliphatic rings. The van der Waals surface area contributed by atoms with Crippen LogP contribution < -0.4 is 11.1 Å². The Balaban J connectivity index is 2.78. The molecule has 1 rings (SSSR count). The van der Waals surface area contributed by atoms with Gasteiger partial charge in [0.1, 0.15) is 17.5 Å². The van der Waals surface area contributed by atoms with E-state index in [-0.39, 0.29) is 5.57 Å². The fourth-order valence-electron chi connectivity index (χ4n) is 1.46. The highest BCUT2D eigenvalue weighted by molar-refractivity contribution is 6.06. The van der Waals surface area contributed by atoms with Gasteiger partial charge in [0.15, 0.2) is 0 Å². The van der Waals surface area contributed by atoms with E-state index < -0.39 is 11.7 Å². The van der Waals surface area contributed by atoms with Crippen LogP contribution in [-0.2, 0) is 9.59 Å². The number of nitrogens with zero attached hydrogens (tertiary/aromatic N) is 2. The van der Waals surface area contributed by atoms with Gasteiger partial charge in [-0.05, 0) is 37.2 Å². The van der Waals surface area contributed by atoms with Gasteiger partial charge in [0, 0.05) is 18.4 Å². The Morgan fingerprint density at radius 2 is 2.10 bits per heavy atom. The van der Waals surface area contributed by atoms with E-state index in [1.807, 2.05) is 0 Å². The Bertz CT molecular complexity index is 563. The number of anilines is 1. The van der Waals surface area contributed by atoms with Gasteiger partial charge < -0.3 is 16.0 Å². The lowest BCUT2D eigenvalue weighted by atomic mass is 10.2. The summed E-state index contributed by atoms with van der Waals surface area (Å²) in [6.07, 6.45) is 2.22. The van der Waals surface area contributed by atoms with E-state index in [2.05, 4.69) is 5.32 Å². The number of nitriles is 1. The van der Waals surface area contributed by atoms with Crippen molar-refractivity contribution in [2.45, 2.75) is 6.42 Å². The van der Waals surface area contributed by atoms with Gasteiger partial charge in [0.2, 0.25) is 6.41 Å². The van der Waals surface area contributed by atoms with E-state index in [1.165, 1.54) is 29.2 Å². The summed E-state index contributed by atoms with van der Waals surface area (Å²) in [4.78, 5) is 23.9. The molecule has 0 heterocycles. The van der Waals surface area contributed by atoms with Gasteiger partial charge in [-0.3, -0.25) is 9.59 Å². The van der Waals surface area contributed by atoms with E-state index in [1.54, 1.807) is 6.07 Å². The van der Waals surface area contributed by atoms with E-state index in [4.69, 9.17) is 11.0 Å². The van der Waals surface area contributed by atoms with Crippen LogP contribution in [0.5, 0.6) is 0 Å². The first-order valence-electron chi connectivity index (χ1n) is 6.20.